The average Bonchev–Trinajstić information content (AvgIpc) is 3.20. The SMILES string of the molecule is O=C(NCC1CCCO1)c1cnc2c(c1)N(Cc1ccccc1)CCC2. The number of nitrogens with one attached hydrogen (secondary N) is 1. The number of benzene rings is 1. The first-order chi connectivity index (χ1) is 12.8. The number of carbonyl (C=O) groups is 1. The number of nitrogens with zero attached hydrogens (tertiary/aromatic N) is 2. The van der Waals surface area contributed by atoms with Crippen LogP contribution >= 0.6 is 0 Å². The summed E-state index contributed by atoms with van der Waals surface area (Å²) >= 11 is 0. The number of hydrogen-bond acceptors (Lipinski definition) is 4. The lowest BCUT2D eigenvalue weighted by atomic mass is 10.0. The molecule has 5 nitrogen and oxygen atoms in total. The van der Waals surface area contributed by atoms with Gasteiger partial charge in [0, 0.05) is 32.4 Å². The van der Waals surface area contributed by atoms with E-state index in [1.165, 1.54) is 5.56 Å². The second-order valence-corrected chi connectivity index (χ2v) is 7.05. The Hall–Kier alpha value is -2.40. The van der Waals surface area contributed by atoms with Gasteiger partial charge >= 0.3 is 0 Å². The number of rotatable bonds is 5. The Morgan fingerprint density at radius 3 is 2.96 bits per heavy atom. The summed E-state index contributed by atoms with van der Waals surface area (Å²) in [7, 11) is 0. The molecule has 2 aromatic rings. The van der Waals surface area contributed by atoms with Gasteiger partial charge in [0.05, 0.1) is 23.0 Å². The molecule has 0 spiro atoms. The highest BCUT2D eigenvalue weighted by atomic mass is 16.5. The van der Waals surface area contributed by atoms with Gasteiger partial charge in [0.25, 0.3) is 5.91 Å². The number of carbonyl (C=O) groups excluding carboxylic acids is 1. The van der Waals surface area contributed by atoms with Crippen molar-refractivity contribution in [3.8, 4) is 0 Å². The molecule has 5 heteroatoms. The maximum absolute atomic E-state index is 12.5. The van der Waals surface area contributed by atoms with Crippen molar-refractivity contribution < 1.29 is 9.53 Å². The molecule has 1 aromatic carbocycles. The normalized spacial score (nSPS) is 19.2. The summed E-state index contributed by atoms with van der Waals surface area (Å²) < 4.78 is 5.57. The second kappa shape index (κ2) is 7.87. The Morgan fingerprint density at radius 1 is 1.27 bits per heavy atom. The number of amides is 1. The fourth-order valence-corrected chi connectivity index (χ4v) is 3.71. The smallest absolute Gasteiger partial charge is 0.253 e. The van der Waals surface area contributed by atoms with Crippen LogP contribution in [-0.2, 0) is 17.7 Å². The Balaban J connectivity index is 1.48. The summed E-state index contributed by atoms with van der Waals surface area (Å²) in [5, 5.41) is 2.99. The van der Waals surface area contributed by atoms with E-state index in [0.717, 1.165) is 56.8 Å². The van der Waals surface area contributed by atoms with E-state index in [1.807, 2.05) is 12.1 Å². The van der Waals surface area contributed by atoms with Crippen molar-refractivity contribution in [3.63, 3.8) is 0 Å². The number of anilines is 1. The number of hydrogen-bond donors (Lipinski definition) is 1. The predicted molar refractivity (Wildman–Crippen MR) is 101 cm³/mol. The van der Waals surface area contributed by atoms with Gasteiger partial charge in [-0.1, -0.05) is 30.3 Å². The zero-order valence-electron chi connectivity index (χ0n) is 15.0. The molecule has 2 aliphatic heterocycles. The van der Waals surface area contributed by atoms with E-state index in [0.29, 0.717) is 12.1 Å². The van der Waals surface area contributed by atoms with Crippen molar-refractivity contribution in [2.75, 3.05) is 24.6 Å². The van der Waals surface area contributed by atoms with Gasteiger partial charge in [-0.25, -0.2) is 0 Å². The van der Waals surface area contributed by atoms with Crippen molar-refractivity contribution in [3.05, 3.63) is 59.4 Å². The Kier molecular flexibility index (Phi) is 5.16. The molecule has 3 heterocycles. The molecule has 0 aliphatic carbocycles. The first kappa shape index (κ1) is 17.0. The molecule has 1 unspecified atom stereocenters. The summed E-state index contributed by atoms with van der Waals surface area (Å²) in [5.74, 6) is -0.0685. The first-order valence-electron chi connectivity index (χ1n) is 9.47. The van der Waals surface area contributed by atoms with Crippen LogP contribution in [0.2, 0.25) is 0 Å². The first-order valence-corrected chi connectivity index (χ1v) is 9.47. The van der Waals surface area contributed by atoms with Crippen LogP contribution in [0.4, 0.5) is 5.69 Å². The van der Waals surface area contributed by atoms with E-state index in [9.17, 15) is 4.79 Å². The number of aryl methyl sites for hydroxylation is 1. The van der Waals surface area contributed by atoms with Crippen LogP contribution < -0.4 is 10.2 Å². The van der Waals surface area contributed by atoms with Gasteiger partial charge in [-0.3, -0.25) is 9.78 Å². The number of ether oxygens (including phenoxy) is 1. The van der Waals surface area contributed by atoms with E-state index in [1.54, 1.807) is 6.20 Å². The van der Waals surface area contributed by atoms with E-state index < -0.39 is 0 Å². The van der Waals surface area contributed by atoms with Crippen LogP contribution in [0.1, 0.15) is 40.9 Å². The van der Waals surface area contributed by atoms with E-state index in [4.69, 9.17) is 4.74 Å². The molecule has 0 radical (unpaired) electrons. The van der Waals surface area contributed by atoms with Gasteiger partial charge < -0.3 is 15.0 Å². The third-order valence-corrected chi connectivity index (χ3v) is 5.12. The molecule has 2 aliphatic rings. The van der Waals surface area contributed by atoms with Crippen molar-refractivity contribution in [1.82, 2.24) is 10.3 Å². The third-order valence-electron chi connectivity index (χ3n) is 5.12. The second-order valence-electron chi connectivity index (χ2n) is 7.05. The molecule has 1 fully saturated rings. The standard InChI is InChI=1S/C21H25N3O2/c25-21(23-14-18-8-5-11-26-18)17-12-20-19(22-13-17)9-4-10-24(20)15-16-6-2-1-3-7-16/h1-3,6-7,12-13,18H,4-5,8-11,14-15H2,(H,23,25). The molecule has 136 valence electrons. The van der Waals surface area contributed by atoms with Crippen molar-refractivity contribution >= 4 is 11.6 Å². The van der Waals surface area contributed by atoms with Crippen LogP contribution in [0.25, 0.3) is 0 Å². The molecule has 4 rings (SSSR count). The highest BCUT2D eigenvalue weighted by Crippen LogP contribution is 2.28. The van der Waals surface area contributed by atoms with Crippen LogP contribution in [0, 0.1) is 0 Å². The fraction of sp³-hybridized carbons (Fsp3) is 0.429. The maximum Gasteiger partial charge on any atom is 0.253 e. The summed E-state index contributed by atoms with van der Waals surface area (Å²) in [5.41, 5.74) is 4.07. The van der Waals surface area contributed by atoms with Crippen LogP contribution in [0.3, 0.4) is 0 Å². The molecule has 1 aromatic heterocycles. The van der Waals surface area contributed by atoms with Crippen LogP contribution in [-0.4, -0.2) is 36.7 Å². The third kappa shape index (κ3) is 3.88. The van der Waals surface area contributed by atoms with E-state index >= 15 is 0 Å². The molecule has 0 bridgehead atoms. The molecular formula is C21H25N3O2. The molecule has 1 saturated heterocycles. The van der Waals surface area contributed by atoms with Gasteiger partial charge in [0.2, 0.25) is 0 Å². The van der Waals surface area contributed by atoms with E-state index in [2.05, 4.69) is 39.5 Å². The molecular weight excluding hydrogens is 326 g/mol. The predicted octanol–water partition coefficient (Wildman–Crippen LogP) is 2.94. The highest BCUT2D eigenvalue weighted by molar-refractivity contribution is 5.95. The summed E-state index contributed by atoms with van der Waals surface area (Å²) in [6.07, 6.45) is 6.02. The number of pyridine rings is 1. The topological polar surface area (TPSA) is 54.5 Å². The molecule has 1 atom stereocenters. The average molecular weight is 351 g/mol. The lowest BCUT2D eigenvalue weighted by Crippen LogP contribution is -2.33. The largest absolute Gasteiger partial charge is 0.376 e. The Labute approximate surface area is 154 Å². The quantitative estimate of drug-likeness (QED) is 0.900. The van der Waals surface area contributed by atoms with Gasteiger partial charge in [0.15, 0.2) is 0 Å². The van der Waals surface area contributed by atoms with E-state index in [-0.39, 0.29) is 12.0 Å². The van der Waals surface area contributed by atoms with Crippen LogP contribution in [0.5, 0.6) is 0 Å². The minimum absolute atomic E-state index is 0.0685. The lowest BCUT2D eigenvalue weighted by Gasteiger charge is -2.31. The van der Waals surface area contributed by atoms with Crippen molar-refractivity contribution in [1.29, 1.82) is 0 Å². The number of aromatic nitrogens is 1. The summed E-state index contributed by atoms with van der Waals surface area (Å²) in [4.78, 5) is 19.4. The molecule has 26 heavy (non-hydrogen) atoms. The van der Waals surface area contributed by atoms with Gasteiger partial charge in [-0.05, 0) is 37.3 Å². The Morgan fingerprint density at radius 2 is 2.15 bits per heavy atom. The monoisotopic (exact) mass is 351 g/mol. The lowest BCUT2D eigenvalue weighted by molar-refractivity contribution is 0.0857. The van der Waals surface area contributed by atoms with Gasteiger partial charge in [-0.2, -0.15) is 0 Å². The van der Waals surface area contributed by atoms with Crippen molar-refractivity contribution in [2.24, 2.45) is 0 Å². The van der Waals surface area contributed by atoms with Gasteiger partial charge in [0.1, 0.15) is 0 Å². The minimum atomic E-state index is -0.0685. The zero-order valence-corrected chi connectivity index (χ0v) is 15.0. The minimum Gasteiger partial charge on any atom is -0.376 e. The van der Waals surface area contributed by atoms with Crippen LogP contribution in [0.15, 0.2) is 42.6 Å². The molecule has 1 N–H and O–H groups in total. The fourth-order valence-electron chi connectivity index (χ4n) is 3.71. The van der Waals surface area contributed by atoms with Crippen molar-refractivity contribution in [2.45, 2.75) is 38.3 Å². The summed E-state index contributed by atoms with van der Waals surface area (Å²) in [6.45, 7) is 3.21. The maximum atomic E-state index is 12.5. The molecule has 1 amide bonds. The number of fused-ring (bicyclic) bond motifs is 1. The molecule has 0 saturated carbocycles. The van der Waals surface area contributed by atoms with Gasteiger partial charge in [-0.15, -0.1) is 0 Å². The summed E-state index contributed by atoms with van der Waals surface area (Å²) in [6, 6.07) is 12.4. The highest BCUT2D eigenvalue weighted by Gasteiger charge is 2.21. The Bertz CT molecular complexity index is 757. The zero-order chi connectivity index (χ0) is 17.8.